The second kappa shape index (κ2) is 6.58. The van der Waals surface area contributed by atoms with Gasteiger partial charge in [0.15, 0.2) is 0 Å². The van der Waals surface area contributed by atoms with E-state index >= 15 is 0 Å². The first-order valence-corrected chi connectivity index (χ1v) is 7.78. The second-order valence-corrected chi connectivity index (χ2v) is 6.47. The largest absolute Gasteiger partial charge is 0.416 e. The number of anilines is 1. The average Bonchev–Trinajstić information content (AvgIpc) is 2.38. The maximum atomic E-state index is 12.7. The van der Waals surface area contributed by atoms with Crippen LogP contribution in [0.4, 0.5) is 18.9 Å². The van der Waals surface area contributed by atoms with E-state index in [4.69, 9.17) is 11.6 Å². The quantitative estimate of drug-likeness (QED) is 0.571. The fourth-order valence-corrected chi connectivity index (χ4v) is 2.62. The van der Waals surface area contributed by atoms with Gasteiger partial charge in [-0.15, -0.1) is 0 Å². The van der Waals surface area contributed by atoms with E-state index in [9.17, 15) is 13.2 Å². The average molecular weight is 443 g/mol. The molecule has 0 saturated heterocycles. The zero-order chi connectivity index (χ0) is 15.6. The smallest absolute Gasteiger partial charge is 0.381 e. The van der Waals surface area contributed by atoms with Gasteiger partial charge in [0.2, 0.25) is 0 Å². The van der Waals surface area contributed by atoms with Gasteiger partial charge in [0.1, 0.15) is 0 Å². The lowest BCUT2D eigenvalue weighted by molar-refractivity contribution is -0.137. The predicted octanol–water partition coefficient (Wildman–Crippen LogP) is 6.50. The van der Waals surface area contributed by atoms with Gasteiger partial charge in [0, 0.05) is 26.2 Å². The van der Waals surface area contributed by atoms with E-state index in [1.54, 1.807) is 0 Å². The van der Waals surface area contributed by atoms with Gasteiger partial charge >= 0.3 is 6.18 Å². The van der Waals surface area contributed by atoms with Gasteiger partial charge in [-0.1, -0.05) is 17.7 Å². The van der Waals surface area contributed by atoms with Crippen molar-refractivity contribution in [2.75, 3.05) is 5.32 Å². The number of alkyl halides is 3. The van der Waals surface area contributed by atoms with Gasteiger partial charge in [-0.3, -0.25) is 0 Å². The highest BCUT2D eigenvalue weighted by Gasteiger charge is 2.31. The Hall–Kier alpha value is -0.720. The molecule has 0 aliphatic heterocycles. The molecule has 1 N–H and O–H groups in total. The molecule has 0 radical (unpaired) electrons. The van der Waals surface area contributed by atoms with Gasteiger partial charge in [0.25, 0.3) is 0 Å². The molecule has 0 bridgehead atoms. The number of halogens is 6. The maximum absolute atomic E-state index is 12.7. The molecule has 0 spiro atoms. The van der Waals surface area contributed by atoms with E-state index in [-0.39, 0.29) is 5.02 Å². The van der Waals surface area contributed by atoms with Gasteiger partial charge in [-0.25, -0.2) is 0 Å². The van der Waals surface area contributed by atoms with Crippen LogP contribution in [0.3, 0.4) is 0 Å². The third-order valence-electron chi connectivity index (χ3n) is 2.71. The minimum Gasteiger partial charge on any atom is -0.381 e. The van der Waals surface area contributed by atoms with Crippen LogP contribution in [0.25, 0.3) is 0 Å². The molecule has 7 heteroatoms. The lowest BCUT2D eigenvalue weighted by atomic mass is 10.1. The highest BCUT2D eigenvalue weighted by atomic mass is 79.9. The molecule has 0 aliphatic rings. The SMILES string of the molecule is FC(F)(F)c1cc(Cl)cc(NCc2ccc(Br)c(Br)c2)c1. The van der Waals surface area contributed by atoms with E-state index in [1.807, 2.05) is 18.2 Å². The molecule has 0 saturated carbocycles. The molecule has 2 aromatic carbocycles. The summed E-state index contributed by atoms with van der Waals surface area (Å²) in [5, 5.41) is 2.99. The summed E-state index contributed by atoms with van der Waals surface area (Å²) in [6.07, 6.45) is -4.41. The number of rotatable bonds is 3. The van der Waals surface area contributed by atoms with Crippen LogP contribution in [-0.2, 0) is 12.7 Å². The van der Waals surface area contributed by atoms with Crippen LogP contribution in [0.5, 0.6) is 0 Å². The molecular weight excluding hydrogens is 434 g/mol. The van der Waals surface area contributed by atoms with Crippen LogP contribution in [0, 0.1) is 0 Å². The lowest BCUT2D eigenvalue weighted by Crippen LogP contribution is -2.07. The molecule has 0 aromatic heterocycles. The van der Waals surface area contributed by atoms with Crippen molar-refractivity contribution in [1.82, 2.24) is 0 Å². The van der Waals surface area contributed by atoms with Crippen LogP contribution in [0.15, 0.2) is 45.3 Å². The van der Waals surface area contributed by atoms with E-state index in [0.717, 1.165) is 26.6 Å². The van der Waals surface area contributed by atoms with E-state index in [0.29, 0.717) is 12.2 Å². The van der Waals surface area contributed by atoms with Crippen molar-refractivity contribution in [3.63, 3.8) is 0 Å². The summed E-state index contributed by atoms with van der Waals surface area (Å²) in [7, 11) is 0. The van der Waals surface area contributed by atoms with Crippen LogP contribution >= 0.6 is 43.5 Å². The fourth-order valence-electron chi connectivity index (χ4n) is 1.71. The van der Waals surface area contributed by atoms with Crippen LogP contribution in [0.2, 0.25) is 5.02 Å². The number of nitrogens with one attached hydrogen (secondary N) is 1. The predicted molar refractivity (Wildman–Crippen MR) is 85.6 cm³/mol. The van der Waals surface area contributed by atoms with Crippen molar-refractivity contribution in [1.29, 1.82) is 0 Å². The van der Waals surface area contributed by atoms with E-state index < -0.39 is 11.7 Å². The summed E-state index contributed by atoms with van der Waals surface area (Å²) in [5.41, 5.74) is 0.488. The molecule has 0 heterocycles. The third kappa shape index (κ3) is 4.63. The minimum atomic E-state index is -4.41. The normalized spacial score (nSPS) is 11.5. The molecule has 0 atom stereocenters. The summed E-state index contributed by atoms with van der Waals surface area (Å²) in [6, 6.07) is 9.02. The van der Waals surface area contributed by atoms with E-state index in [1.165, 1.54) is 6.07 Å². The van der Waals surface area contributed by atoms with Crippen molar-refractivity contribution < 1.29 is 13.2 Å². The molecule has 2 rings (SSSR count). The molecular formula is C14H9Br2ClF3N. The van der Waals surface area contributed by atoms with Gasteiger partial charge in [-0.2, -0.15) is 13.2 Å². The standard InChI is InChI=1S/C14H9Br2ClF3N/c15-12-2-1-8(3-13(12)16)7-21-11-5-9(14(18,19)20)4-10(17)6-11/h1-6,21H,7H2. The number of hydrogen-bond acceptors (Lipinski definition) is 1. The Labute approximate surface area is 141 Å². The van der Waals surface area contributed by atoms with Crippen LogP contribution in [-0.4, -0.2) is 0 Å². The zero-order valence-electron chi connectivity index (χ0n) is 10.4. The molecule has 21 heavy (non-hydrogen) atoms. The molecule has 1 nitrogen and oxygen atoms in total. The molecule has 0 aliphatic carbocycles. The summed E-state index contributed by atoms with van der Waals surface area (Å²) in [6.45, 7) is 0.392. The zero-order valence-corrected chi connectivity index (χ0v) is 14.4. The fraction of sp³-hybridized carbons (Fsp3) is 0.143. The minimum absolute atomic E-state index is 0.0457. The third-order valence-corrected chi connectivity index (χ3v) is 4.80. The molecule has 0 amide bonds. The molecule has 2 aromatic rings. The number of hydrogen-bond donors (Lipinski definition) is 1. The summed E-state index contributed by atoms with van der Waals surface area (Å²) in [4.78, 5) is 0. The van der Waals surface area contributed by atoms with Gasteiger partial charge in [0.05, 0.1) is 5.56 Å². The van der Waals surface area contributed by atoms with Crippen LogP contribution < -0.4 is 5.32 Å². The van der Waals surface area contributed by atoms with Crippen molar-refractivity contribution in [2.24, 2.45) is 0 Å². The Balaban J connectivity index is 2.16. The van der Waals surface area contributed by atoms with Crippen molar-refractivity contribution in [2.45, 2.75) is 12.7 Å². The Kier molecular flexibility index (Phi) is 5.22. The maximum Gasteiger partial charge on any atom is 0.416 e. The number of benzene rings is 2. The van der Waals surface area contributed by atoms with Crippen molar-refractivity contribution in [3.8, 4) is 0 Å². The highest BCUT2D eigenvalue weighted by Crippen LogP contribution is 2.33. The Morgan fingerprint density at radius 2 is 1.71 bits per heavy atom. The summed E-state index contributed by atoms with van der Waals surface area (Å²) >= 11 is 12.5. The monoisotopic (exact) mass is 441 g/mol. The first-order chi connectivity index (χ1) is 9.75. The summed E-state index contributed by atoms with van der Waals surface area (Å²) in [5.74, 6) is 0. The molecule has 112 valence electrons. The Morgan fingerprint density at radius 3 is 2.33 bits per heavy atom. The first-order valence-electron chi connectivity index (χ1n) is 5.81. The molecule has 0 fully saturated rings. The van der Waals surface area contributed by atoms with Gasteiger partial charge in [-0.05, 0) is 67.8 Å². The molecule has 0 unspecified atom stereocenters. The van der Waals surface area contributed by atoms with Crippen molar-refractivity contribution >= 4 is 49.1 Å². The summed E-state index contributed by atoms with van der Waals surface area (Å²) < 4.78 is 39.9. The lowest BCUT2D eigenvalue weighted by Gasteiger charge is -2.12. The van der Waals surface area contributed by atoms with E-state index in [2.05, 4.69) is 37.2 Å². The second-order valence-electron chi connectivity index (χ2n) is 4.33. The topological polar surface area (TPSA) is 12.0 Å². The Bertz CT molecular complexity index is 659. The van der Waals surface area contributed by atoms with Gasteiger partial charge < -0.3 is 5.32 Å². The highest BCUT2D eigenvalue weighted by molar-refractivity contribution is 9.13. The first kappa shape index (κ1) is 16.6. The Morgan fingerprint density at radius 1 is 1.00 bits per heavy atom. The van der Waals surface area contributed by atoms with Crippen LogP contribution in [0.1, 0.15) is 11.1 Å². The van der Waals surface area contributed by atoms with Crippen molar-refractivity contribution in [3.05, 3.63) is 61.5 Å².